The number of ether oxygens (including phenoxy) is 2. The number of aryl methyl sites for hydroxylation is 3. The number of aromatic nitrogens is 1. The Morgan fingerprint density at radius 2 is 1.77 bits per heavy atom. The number of hydrogen-bond donors (Lipinski definition) is 2. The van der Waals surface area contributed by atoms with E-state index in [0.717, 1.165) is 22.2 Å². The van der Waals surface area contributed by atoms with Crippen molar-refractivity contribution in [1.29, 1.82) is 0 Å². The molecule has 5 rings (SSSR count). The summed E-state index contributed by atoms with van der Waals surface area (Å²) in [5, 5.41) is 4.53. The first-order valence-corrected chi connectivity index (χ1v) is 14.2. The Labute approximate surface area is 236 Å². The molecule has 0 radical (unpaired) electrons. The molecule has 0 bridgehead atoms. The van der Waals surface area contributed by atoms with E-state index in [1.165, 1.54) is 22.3 Å². The van der Waals surface area contributed by atoms with E-state index in [1.54, 1.807) is 6.92 Å². The van der Waals surface area contributed by atoms with E-state index in [4.69, 9.17) is 9.47 Å². The summed E-state index contributed by atoms with van der Waals surface area (Å²) in [4.78, 5) is 31.1. The maximum atomic E-state index is 14.2. The lowest BCUT2D eigenvalue weighted by Crippen LogP contribution is -2.39. The highest BCUT2D eigenvalue weighted by molar-refractivity contribution is 6.05. The van der Waals surface area contributed by atoms with Gasteiger partial charge in [0.1, 0.15) is 0 Å². The van der Waals surface area contributed by atoms with E-state index < -0.39 is 17.5 Å². The zero-order valence-electron chi connectivity index (χ0n) is 24.7. The first-order valence-electron chi connectivity index (χ1n) is 14.2. The average molecular weight is 541 g/mol. The van der Waals surface area contributed by atoms with Crippen LogP contribution in [0.5, 0.6) is 0 Å². The highest BCUT2D eigenvalue weighted by Gasteiger charge is 2.43. The van der Waals surface area contributed by atoms with Crippen molar-refractivity contribution in [3.05, 3.63) is 93.0 Å². The summed E-state index contributed by atoms with van der Waals surface area (Å²) in [5.41, 5.74) is 8.99. The molecule has 1 aromatic heterocycles. The Morgan fingerprint density at radius 3 is 2.45 bits per heavy atom. The van der Waals surface area contributed by atoms with Gasteiger partial charge in [0, 0.05) is 40.7 Å². The van der Waals surface area contributed by atoms with Crippen molar-refractivity contribution in [1.82, 2.24) is 10.3 Å². The van der Waals surface area contributed by atoms with Crippen LogP contribution in [0.4, 0.5) is 0 Å². The second-order valence-electron chi connectivity index (χ2n) is 12.1. The number of carbonyl (C=O) groups excluding carboxylic acids is 2. The summed E-state index contributed by atoms with van der Waals surface area (Å²) in [6, 6.07) is 12.4. The molecule has 1 aliphatic heterocycles. The summed E-state index contributed by atoms with van der Waals surface area (Å²) < 4.78 is 11.8. The lowest BCUT2D eigenvalue weighted by Gasteiger charge is -2.38. The molecule has 1 aliphatic carbocycles. The molecule has 210 valence electrons. The molecule has 0 saturated heterocycles. The number of rotatable bonds is 6. The standard InChI is InChI=1S/C34H40N2O4/c1-8-39-33(38)32-27(18-40-34(5,6)7)36-26-16-22(29-20(3)14-19(2)15-21(29)4)17-28(37)31(26)30(32)24-10-9-11-25-23(24)12-13-35-25/h9-15,22,30,35-36H,8,16-18H2,1-7H3. The van der Waals surface area contributed by atoms with Crippen LogP contribution in [0, 0.1) is 20.8 Å². The van der Waals surface area contributed by atoms with Gasteiger partial charge in [-0.15, -0.1) is 0 Å². The molecule has 3 aromatic rings. The van der Waals surface area contributed by atoms with Crippen molar-refractivity contribution < 1.29 is 19.1 Å². The SMILES string of the molecule is CCOC(=O)C1=C(COC(C)(C)C)NC2=C(C(=O)CC(c3c(C)cc(C)cc3C)C2)C1c1cccc2[nH]ccc12. The molecule has 40 heavy (non-hydrogen) atoms. The zero-order valence-corrected chi connectivity index (χ0v) is 24.7. The van der Waals surface area contributed by atoms with E-state index in [1.807, 2.05) is 51.2 Å². The third kappa shape index (κ3) is 5.25. The third-order valence-corrected chi connectivity index (χ3v) is 7.94. The number of allylic oxidation sites excluding steroid dienone is 2. The second-order valence-corrected chi connectivity index (χ2v) is 12.1. The van der Waals surface area contributed by atoms with Crippen molar-refractivity contribution in [2.75, 3.05) is 13.2 Å². The van der Waals surface area contributed by atoms with Gasteiger partial charge < -0.3 is 19.8 Å². The van der Waals surface area contributed by atoms with Gasteiger partial charge >= 0.3 is 5.97 Å². The molecule has 0 spiro atoms. The Bertz CT molecular complexity index is 1530. The van der Waals surface area contributed by atoms with Crippen LogP contribution in [0.25, 0.3) is 10.9 Å². The summed E-state index contributed by atoms with van der Waals surface area (Å²) >= 11 is 0. The van der Waals surface area contributed by atoms with Gasteiger partial charge in [-0.25, -0.2) is 4.79 Å². The molecule has 0 fully saturated rings. The summed E-state index contributed by atoms with van der Waals surface area (Å²) in [7, 11) is 0. The Kier molecular flexibility index (Phi) is 7.49. The van der Waals surface area contributed by atoms with Gasteiger partial charge in [0.15, 0.2) is 5.78 Å². The quantitative estimate of drug-likeness (QED) is 0.336. The molecular formula is C34H40N2O4. The number of benzene rings is 2. The molecule has 2 aliphatic rings. The molecule has 0 amide bonds. The summed E-state index contributed by atoms with van der Waals surface area (Å²) in [6.45, 7) is 14.6. The molecule has 2 N–H and O–H groups in total. The minimum Gasteiger partial charge on any atom is -0.463 e. The number of fused-ring (bicyclic) bond motifs is 1. The second kappa shape index (κ2) is 10.7. The van der Waals surface area contributed by atoms with Crippen molar-refractivity contribution >= 4 is 22.7 Å². The molecule has 6 heteroatoms. The van der Waals surface area contributed by atoms with Crippen molar-refractivity contribution in [3.8, 4) is 0 Å². The van der Waals surface area contributed by atoms with E-state index in [9.17, 15) is 9.59 Å². The fourth-order valence-corrected chi connectivity index (χ4v) is 6.52. The molecule has 2 unspecified atom stereocenters. The Morgan fingerprint density at radius 1 is 1.05 bits per heavy atom. The van der Waals surface area contributed by atoms with Crippen LogP contribution in [0.1, 0.15) is 80.2 Å². The molecule has 2 atom stereocenters. The van der Waals surface area contributed by atoms with E-state index >= 15 is 0 Å². The first-order chi connectivity index (χ1) is 19.0. The van der Waals surface area contributed by atoms with Gasteiger partial charge in [-0.3, -0.25) is 4.79 Å². The van der Waals surface area contributed by atoms with Crippen molar-refractivity contribution in [2.45, 2.75) is 78.7 Å². The highest BCUT2D eigenvalue weighted by Crippen LogP contribution is 2.48. The van der Waals surface area contributed by atoms with Crippen molar-refractivity contribution in [2.24, 2.45) is 0 Å². The monoisotopic (exact) mass is 540 g/mol. The molecule has 2 heterocycles. The van der Waals surface area contributed by atoms with Gasteiger partial charge in [0.25, 0.3) is 0 Å². The number of esters is 1. The number of H-pyrrole nitrogens is 1. The maximum absolute atomic E-state index is 14.2. The number of hydrogen-bond acceptors (Lipinski definition) is 5. The first kappa shape index (κ1) is 27.9. The van der Waals surface area contributed by atoms with Gasteiger partial charge in [0.05, 0.1) is 30.1 Å². The maximum Gasteiger partial charge on any atom is 0.336 e. The summed E-state index contributed by atoms with van der Waals surface area (Å²) in [5.74, 6) is -0.862. The van der Waals surface area contributed by atoms with Crippen LogP contribution in [0.15, 0.2) is 65.1 Å². The molecular weight excluding hydrogens is 500 g/mol. The van der Waals surface area contributed by atoms with E-state index in [2.05, 4.69) is 43.2 Å². The van der Waals surface area contributed by atoms with Gasteiger partial charge in [0.2, 0.25) is 0 Å². The highest BCUT2D eigenvalue weighted by atomic mass is 16.5. The largest absolute Gasteiger partial charge is 0.463 e. The normalized spacial score (nSPS) is 19.6. The zero-order chi connectivity index (χ0) is 28.8. The molecule has 2 aromatic carbocycles. The number of Topliss-reactive ketones (excluding diaryl/α,β-unsaturated/α-hetero) is 1. The van der Waals surface area contributed by atoms with Crippen LogP contribution < -0.4 is 5.32 Å². The number of aromatic amines is 1. The van der Waals surface area contributed by atoms with E-state index in [0.29, 0.717) is 29.7 Å². The van der Waals surface area contributed by atoms with Gasteiger partial charge in [-0.05, 0) is 95.2 Å². The van der Waals surface area contributed by atoms with Crippen LogP contribution in [0.3, 0.4) is 0 Å². The molecule has 0 saturated carbocycles. The summed E-state index contributed by atoms with van der Waals surface area (Å²) in [6.07, 6.45) is 2.97. The van der Waals surface area contributed by atoms with Crippen molar-refractivity contribution in [3.63, 3.8) is 0 Å². The average Bonchev–Trinajstić information content (AvgIpc) is 3.35. The fourth-order valence-electron chi connectivity index (χ4n) is 6.52. The lowest BCUT2D eigenvalue weighted by atomic mass is 9.70. The predicted molar refractivity (Wildman–Crippen MR) is 158 cm³/mol. The minimum atomic E-state index is -0.554. The number of ketones is 1. The predicted octanol–water partition coefficient (Wildman–Crippen LogP) is 6.81. The smallest absolute Gasteiger partial charge is 0.336 e. The van der Waals surface area contributed by atoms with E-state index in [-0.39, 0.29) is 24.9 Å². The fraction of sp³-hybridized carbons (Fsp3) is 0.412. The topological polar surface area (TPSA) is 80.4 Å². The lowest BCUT2D eigenvalue weighted by molar-refractivity contribution is -0.139. The number of dihydropyridines is 1. The van der Waals surface area contributed by atoms with Gasteiger partial charge in [-0.2, -0.15) is 0 Å². The minimum absolute atomic E-state index is 0.0528. The van der Waals surface area contributed by atoms with Crippen LogP contribution in [0.2, 0.25) is 0 Å². The Balaban J connectivity index is 1.69. The van der Waals surface area contributed by atoms with Crippen LogP contribution in [-0.2, 0) is 19.1 Å². The van der Waals surface area contributed by atoms with Gasteiger partial charge in [-0.1, -0.05) is 29.8 Å². The number of carbonyl (C=O) groups is 2. The van der Waals surface area contributed by atoms with Crippen LogP contribution >= 0.6 is 0 Å². The molecule has 6 nitrogen and oxygen atoms in total. The van der Waals surface area contributed by atoms with Crippen LogP contribution in [-0.4, -0.2) is 35.6 Å². The third-order valence-electron chi connectivity index (χ3n) is 7.94. The number of nitrogens with one attached hydrogen (secondary N) is 2. The Hall–Kier alpha value is -3.64.